The third kappa shape index (κ3) is 4.82. The number of nitrogens with zero attached hydrogens (tertiary/aromatic N) is 3. The molecule has 1 amide bonds. The molecule has 2 aromatic carbocycles. The zero-order valence-corrected chi connectivity index (χ0v) is 17.0. The first-order valence-electron chi connectivity index (χ1n) is 10.2. The lowest BCUT2D eigenvalue weighted by molar-refractivity contribution is -0.125. The molecule has 0 bridgehead atoms. The van der Waals surface area contributed by atoms with E-state index >= 15 is 0 Å². The molecule has 0 atom stereocenters. The molecule has 5 nitrogen and oxygen atoms in total. The lowest BCUT2D eigenvalue weighted by atomic mass is 9.96. The normalized spacial score (nSPS) is 14.5. The number of carbonyl (C=O) groups excluding carboxylic acids is 1. The van der Waals surface area contributed by atoms with Gasteiger partial charge in [0.1, 0.15) is 5.82 Å². The van der Waals surface area contributed by atoms with Crippen molar-refractivity contribution in [3.05, 3.63) is 77.9 Å². The van der Waals surface area contributed by atoms with Crippen molar-refractivity contribution in [2.75, 3.05) is 18.0 Å². The molecule has 6 heteroatoms. The van der Waals surface area contributed by atoms with Gasteiger partial charge in [-0.15, -0.1) is 0 Å². The monoisotopic (exact) mass is 404 g/mol. The highest BCUT2D eigenvalue weighted by atomic mass is 19.1. The summed E-state index contributed by atoms with van der Waals surface area (Å²) in [7, 11) is 0. The zero-order valence-electron chi connectivity index (χ0n) is 17.0. The van der Waals surface area contributed by atoms with Crippen molar-refractivity contribution < 1.29 is 9.18 Å². The average molecular weight is 404 g/mol. The maximum absolute atomic E-state index is 13.0. The number of nitrogens with one attached hydrogen (secondary N) is 1. The van der Waals surface area contributed by atoms with Gasteiger partial charge in [-0.25, -0.2) is 14.4 Å². The van der Waals surface area contributed by atoms with Crippen LogP contribution in [-0.4, -0.2) is 29.0 Å². The van der Waals surface area contributed by atoms with Crippen molar-refractivity contribution in [1.82, 2.24) is 15.3 Å². The number of hydrogen-bond donors (Lipinski definition) is 1. The summed E-state index contributed by atoms with van der Waals surface area (Å²) < 4.78 is 13.0. The molecule has 1 N–H and O–H groups in total. The van der Waals surface area contributed by atoms with Crippen LogP contribution in [0.2, 0.25) is 0 Å². The maximum Gasteiger partial charge on any atom is 0.225 e. The molecule has 0 unspecified atom stereocenters. The van der Waals surface area contributed by atoms with E-state index in [9.17, 15) is 9.18 Å². The van der Waals surface area contributed by atoms with E-state index in [-0.39, 0.29) is 17.6 Å². The zero-order chi connectivity index (χ0) is 20.9. The highest BCUT2D eigenvalue weighted by Gasteiger charge is 2.26. The van der Waals surface area contributed by atoms with Crippen LogP contribution in [0.25, 0.3) is 11.1 Å². The van der Waals surface area contributed by atoms with Crippen molar-refractivity contribution in [2.24, 2.45) is 5.92 Å². The van der Waals surface area contributed by atoms with Crippen LogP contribution in [0.4, 0.5) is 10.3 Å². The molecule has 0 radical (unpaired) electrons. The fourth-order valence-corrected chi connectivity index (χ4v) is 3.74. The largest absolute Gasteiger partial charge is 0.352 e. The fourth-order valence-electron chi connectivity index (χ4n) is 3.74. The molecule has 154 valence electrons. The number of piperidine rings is 1. The van der Waals surface area contributed by atoms with E-state index in [2.05, 4.69) is 45.3 Å². The summed E-state index contributed by atoms with van der Waals surface area (Å²) in [6.45, 7) is 3.98. The minimum absolute atomic E-state index is 0.0201. The van der Waals surface area contributed by atoms with Gasteiger partial charge in [-0.05, 0) is 43.0 Å². The van der Waals surface area contributed by atoms with Gasteiger partial charge in [0.15, 0.2) is 0 Å². The predicted molar refractivity (Wildman–Crippen MR) is 115 cm³/mol. The second-order valence-corrected chi connectivity index (χ2v) is 7.75. The van der Waals surface area contributed by atoms with E-state index in [4.69, 9.17) is 0 Å². The van der Waals surface area contributed by atoms with E-state index in [0.717, 1.165) is 42.6 Å². The molecule has 1 saturated heterocycles. The number of aromatic nitrogens is 2. The molecular formula is C24H25FN4O. The number of rotatable bonds is 5. The van der Waals surface area contributed by atoms with Gasteiger partial charge in [0.25, 0.3) is 0 Å². The Balaban J connectivity index is 1.29. The van der Waals surface area contributed by atoms with Crippen molar-refractivity contribution in [3.63, 3.8) is 0 Å². The van der Waals surface area contributed by atoms with E-state index in [1.807, 2.05) is 18.5 Å². The molecule has 2 heterocycles. The summed E-state index contributed by atoms with van der Waals surface area (Å²) in [5.41, 5.74) is 4.20. The van der Waals surface area contributed by atoms with Crippen molar-refractivity contribution in [1.29, 1.82) is 0 Å². The van der Waals surface area contributed by atoms with E-state index in [1.165, 1.54) is 17.7 Å². The van der Waals surface area contributed by atoms with Gasteiger partial charge >= 0.3 is 0 Å². The number of amides is 1. The van der Waals surface area contributed by atoms with Crippen LogP contribution in [0.15, 0.2) is 60.9 Å². The Hall–Kier alpha value is -3.28. The number of hydrogen-bond acceptors (Lipinski definition) is 4. The number of benzene rings is 2. The molecule has 0 spiro atoms. The SMILES string of the molecule is Cc1cccc(-c2cnc(N3CCC(C(=O)NCc4ccc(F)cc4)CC3)nc2)c1. The Morgan fingerprint density at radius 2 is 1.77 bits per heavy atom. The molecule has 3 aromatic rings. The van der Waals surface area contributed by atoms with Crippen LogP contribution in [0, 0.1) is 18.7 Å². The van der Waals surface area contributed by atoms with E-state index in [0.29, 0.717) is 12.5 Å². The average Bonchev–Trinajstić information content (AvgIpc) is 2.79. The topological polar surface area (TPSA) is 58.1 Å². The van der Waals surface area contributed by atoms with Gasteiger partial charge in [-0.2, -0.15) is 0 Å². The summed E-state index contributed by atoms with van der Waals surface area (Å²) >= 11 is 0. The number of anilines is 1. The van der Waals surface area contributed by atoms with Crippen LogP contribution >= 0.6 is 0 Å². The molecule has 4 rings (SSSR count). The van der Waals surface area contributed by atoms with Crippen LogP contribution in [-0.2, 0) is 11.3 Å². The highest BCUT2D eigenvalue weighted by molar-refractivity contribution is 5.79. The predicted octanol–water partition coefficient (Wildman–Crippen LogP) is 4.12. The lowest BCUT2D eigenvalue weighted by Gasteiger charge is -2.31. The highest BCUT2D eigenvalue weighted by Crippen LogP contribution is 2.23. The van der Waals surface area contributed by atoms with Crippen molar-refractivity contribution >= 4 is 11.9 Å². The van der Waals surface area contributed by atoms with Crippen molar-refractivity contribution in [3.8, 4) is 11.1 Å². The molecule has 1 aliphatic heterocycles. The Labute approximate surface area is 176 Å². The molecule has 1 aliphatic rings. The van der Waals surface area contributed by atoms with Crippen LogP contribution in [0.5, 0.6) is 0 Å². The number of halogens is 1. The van der Waals surface area contributed by atoms with E-state index < -0.39 is 0 Å². The first-order chi connectivity index (χ1) is 14.6. The van der Waals surface area contributed by atoms with Gasteiger partial charge in [-0.3, -0.25) is 4.79 Å². The molecule has 0 saturated carbocycles. The first kappa shape index (κ1) is 20.0. The summed E-state index contributed by atoms with van der Waals surface area (Å²) in [6, 6.07) is 14.5. The minimum atomic E-state index is -0.272. The Morgan fingerprint density at radius 3 is 2.43 bits per heavy atom. The summed E-state index contributed by atoms with van der Waals surface area (Å²) in [6.07, 6.45) is 5.24. The number of aryl methyl sites for hydroxylation is 1. The molecule has 0 aliphatic carbocycles. The van der Waals surface area contributed by atoms with Gasteiger partial charge in [0.05, 0.1) is 0 Å². The van der Waals surface area contributed by atoms with Crippen molar-refractivity contribution in [2.45, 2.75) is 26.3 Å². The second-order valence-electron chi connectivity index (χ2n) is 7.75. The van der Waals surface area contributed by atoms with Gasteiger partial charge in [0.2, 0.25) is 11.9 Å². The lowest BCUT2D eigenvalue weighted by Crippen LogP contribution is -2.41. The minimum Gasteiger partial charge on any atom is -0.352 e. The molecule has 1 aromatic heterocycles. The third-order valence-electron chi connectivity index (χ3n) is 5.52. The quantitative estimate of drug-likeness (QED) is 0.695. The molecule has 30 heavy (non-hydrogen) atoms. The maximum atomic E-state index is 13.0. The number of carbonyl (C=O) groups is 1. The Bertz CT molecular complexity index is 996. The Morgan fingerprint density at radius 1 is 1.07 bits per heavy atom. The fraction of sp³-hybridized carbons (Fsp3) is 0.292. The van der Waals surface area contributed by atoms with Gasteiger partial charge in [0, 0.05) is 43.5 Å². The first-order valence-corrected chi connectivity index (χ1v) is 10.2. The third-order valence-corrected chi connectivity index (χ3v) is 5.52. The van der Waals surface area contributed by atoms with Gasteiger partial charge in [-0.1, -0.05) is 42.0 Å². The molecule has 1 fully saturated rings. The van der Waals surface area contributed by atoms with E-state index in [1.54, 1.807) is 12.1 Å². The van der Waals surface area contributed by atoms with Crippen LogP contribution < -0.4 is 10.2 Å². The summed E-state index contributed by atoms with van der Waals surface area (Å²) in [5.74, 6) is 0.464. The molecular weight excluding hydrogens is 379 g/mol. The Kier molecular flexibility index (Phi) is 6.02. The van der Waals surface area contributed by atoms with Crippen LogP contribution in [0.1, 0.15) is 24.0 Å². The van der Waals surface area contributed by atoms with Crippen LogP contribution in [0.3, 0.4) is 0 Å². The summed E-state index contributed by atoms with van der Waals surface area (Å²) in [4.78, 5) is 23.7. The van der Waals surface area contributed by atoms with Gasteiger partial charge < -0.3 is 10.2 Å². The smallest absolute Gasteiger partial charge is 0.225 e. The summed E-state index contributed by atoms with van der Waals surface area (Å²) in [5, 5.41) is 2.96. The second kappa shape index (κ2) is 9.03. The standard InChI is InChI=1S/C24H25FN4O/c1-17-3-2-4-20(13-17)21-15-27-24(28-16-21)29-11-9-19(10-12-29)23(30)26-14-18-5-7-22(25)8-6-18/h2-8,13,15-16,19H,9-12,14H2,1H3,(H,26,30).